The van der Waals surface area contributed by atoms with Gasteiger partial charge >= 0.3 is 0 Å². The Morgan fingerprint density at radius 3 is 2.20 bits per heavy atom. The minimum absolute atomic E-state index is 0.215. The standard InChI is InChI=1S/C19H29N3O3/c1-6-20-17(23)14(5)21-19(25)16(11-12(2)3)22-18(24)15-10-8-7-9-13(15)4/h7-10,12,14,16H,6,11H2,1-5H3,(H,20,23)(H,21,25)(H,22,24)/t14-,16-/m0/s1. The van der Waals surface area contributed by atoms with Crippen LogP contribution in [0.15, 0.2) is 24.3 Å². The topological polar surface area (TPSA) is 87.3 Å². The van der Waals surface area contributed by atoms with E-state index >= 15 is 0 Å². The normalized spacial score (nSPS) is 13.0. The highest BCUT2D eigenvalue weighted by Gasteiger charge is 2.25. The van der Waals surface area contributed by atoms with E-state index < -0.39 is 12.1 Å². The fourth-order valence-electron chi connectivity index (χ4n) is 2.47. The molecule has 0 radical (unpaired) electrons. The molecule has 0 aliphatic heterocycles. The quantitative estimate of drug-likeness (QED) is 0.670. The molecule has 0 saturated heterocycles. The van der Waals surface area contributed by atoms with Crippen LogP contribution in [0, 0.1) is 12.8 Å². The Balaban J connectivity index is 2.83. The Morgan fingerprint density at radius 1 is 1.00 bits per heavy atom. The third-order valence-corrected chi connectivity index (χ3v) is 3.82. The number of benzene rings is 1. The molecule has 0 saturated carbocycles. The first-order valence-electron chi connectivity index (χ1n) is 8.70. The summed E-state index contributed by atoms with van der Waals surface area (Å²) >= 11 is 0. The van der Waals surface area contributed by atoms with Gasteiger partial charge in [0.05, 0.1) is 0 Å². The van der Waals surface area contributed by atoms with Crippen molar-refractivity contribution in [3.8, 4) is 0 Å². The lowest BCUT2D eigenvalue weighted by Crippen LogP contribution is -2.53. The molecule has 138 valence electrons. The van der Waals surface area contributed by atoms with Gasteiger partial charge in [-0.2, -0.15) is 0 Å². The monoisotopic (exact) mass is 347 g/mol. The molecule has 3 N–H and O–H groups in total. The second-order valence-electron chi connectivity index (χ2n) is 6.60. The van der Waals surface area contributed by atoms with Gasteiger partial charge < -0.3 is 16.0 Å². The first kappa shape index (κ1) is 20.7. The number of hydrogen-bond acceptors (Lipinski definition) is 3. The van der Waals surface area contributed by atoms with Crippen molar-refractivity contribution in [3.63, 3.8) is 0 Å². The molecule has 0 bridgehead atoms. The van der Waals surface area contributed by atoms with Gasteiger partial charge in [-0.05, 0) is 44.7 Å². The molecule has 0 unspecified atom stereocenters. The van der Waals surface area contributed by atoms with Crippen LogP contribution in [0.2, 0.25) is 0 Å². The number of amides is 3. The Hall–Kier alpha value is -2.37. The Bertz CT molecular complexity index is 614. The van der Waals surface area contributed by atoms with Crippen molar-refractivity contribution in [1.82, 2.24) is 16.0 Å². The predicted molar refractivity (Wildman–Crippen MR) is 98.2 cm³/mol. The minimum atomic E-state index is -0.691. The minimum Gasteiger partial charge on any atom is -0.355 e. The van der Waals surface area contributed by atoms with Gasteiger partial charge in [-0.3, -0.25) is 14.4 Å². The van der Waals surface area contributed by atoms with Crippen LogP contribution < -0.4 is 16.0 Å². The molecule has 1 aromatic rings. The summed E-state index contributed by atoms with van der Waals surface area (Å²) in [5.74, 6) is -0.670. The van der Waals surface area contributed by atoms with E-state index in [-0.39, 0.29) is 23.6 Å². The summed E-state index contributed by atoms with van der Waals surface area (Å²) in [6.07, 6.45) is 0.492. The van der Waals surface area contributed by atoms with Crippen molar-refractivity contribution in [2.45, 2.75) is 53.1 Å². The van der Waals surface area contributed by atoms with Gasteiger partial charge in [0, 0.05) is 12.1 Å². The average Bonchev–Trinajstić information content (AvgIpc) is 2.54. The number of hydrogen-bond donors (Lipinski definition) is 3. The summed E-state index contributed by atoms with van der Waals surface area (Å²) < 4.78 is 0. The van der Waals surface area contributed by atoms with Crippen LogP contribution in [-0.2, 0) is 9.59 Å². The highest BCUT2D eigenvalue weighted by atomic mass is 16.2. The first-order valence-corrected chi connectivity index (χ1v) is 8.70. The molecule has 0 aliphatic rings. The average molecular weight is 347 g/mol. The van der Waals surface area contributed by atoms with Gasteiger partial charge in [0.1, 0.15) is 12.1 Å². The lowest BCUT2D eigenvalue weighted by Gasteiger charge is -2.22. The van der Waals surface area contributed by atoms with Crippen LogP contribution in [0.4, 0.5) is 0 Å². The second-order valence-corrected chi connectivity index (χ2v) is 6.60. The van der Waals surface area contributed by atoms with Gasteiger partial charge in [0.15, 0.2) is 0 Å². The molecule has 0 spiro atoms. The molecule has 3 amide bonds. The number of nitrogens with one attached hydrogen (secondary N) is 3. The van der Waals surface area contributed by atoms with Gasteiger partial charge in [0.25, 0.3) is 5.91 Å². The number of rotatable bonds is 8. The highest BCUT2D eigenvalue weighted by molar-refractivity contribution is 5.99. The maximum Gasteiger partial charge on any atom is 0.252 e. The highest BCUT2D eigenvalue weighted by Crippen LogP contribution is 2.10. The predicted octanol–water partition coefficient (Wildman–Crippen LogP) is 1.78. The lowest BCUT2D eigenvalue weighted by atomic mass is 10.0. The van der Waals surface area contributed by atoms with E-state index in [0.717, 1.165) is 5.56 Å². The van der Waals surface area contributed by atoms with E-state index in [1.807, 2.05) is 39.8 Å². The maximum atomic E-state index is 12.5. The van der Waals surface area contributed by atoms with Crippen molar-refractivity contribution in [2.75, 3.05) is 6.54 Å². The summed E-state index contributed by atoms with van der Waals surface area (Å²) in [6, 6.07) is 5.88. The zero-order valence-electron chi connectivity index (χ0n) is 15.7. The van der Waals surface area contributed by atoms with Crippen LogP contribution in [0.1, 0.15) is 50.0 Å². The molecule has 1 rings (SSSR count). The Kier molecular flexibility index (Phi) is 8.11. The zero-order chi connectivity index (χ0) is 19.0. The summed E-state index contributed by atoms with van der Waals surface area (Å²) in [4.78, 5) is 36.9. The van der Waals surface area contributed by atoms with Gasteiger partial charge in [0.2, 0.25) is 11.8 Å². The van der Waals surface area contributed by atoms with E-state index in [2.05, 4.69) is 16.0 Å². The van der Waals surface area contributed by atoms with E-state index in [9.17, 15) is 14.4 Å². The van der Waals surface area contributed by atoms with E-state index in [1.54, 1.807) is 19.1 Å². The summed E-state index contributed by atoms with van der Waals surface area (Å²) in [6.45, 7) is 9.75. The van der Waals surface area contributed by atoms with Crippen LogP contribution in [0.25, 0.3) is 0 Å². The van der Waals surface area contributed by atoms with E-state index in [4.69, 9.17) is 0 Å². The van der Waals surface area contributed by atoms with Crippen LogP contribution >= 0.6 is 0 Å². The van der Waals surface area contributed by atoms with E-state index in [1.165, 1.54) is 0 Å². The molecule has 6 nitrogen and oxygen atoms in total. The van der Waals surface area contributed by atoms with Gasteiger partial charge in [-0.15, -0.1) is 0 Å². The van der Waals surface area contributed by atoms with Crippen LogP contribution in [0.3, 0.4) is 0 Å². The van der Waals surface area contributed by atoms with Gasteiger partial charge in [-0.25, -0.2) is 0 Å². The Morgan fingerprint density at radius 2 is 1.64 bits per heavy atom. The molecule has 0 aliphatic carbocycles. The molecular formula is C19H29N3O3. The SMILES string of the molecule is CCNC(=O)[C@H](C)NC(=O)[C@H](CC(C)C)NC(=O)c1ccccc1C. The van der Waals surface area contributed by atoms with Crippen LogP contribution in [0.5, 0.6) is 0 Å². The summed E-state index contributed by atoms with van der Waals surface area (Å²) in [7, 11) is 0. The largest absolute Gasteiger partial charge is 0.355 e. The molecule has 2 atom stereocenters. The second kappa shape index (κ2) is 9.81. The number of aryl methyl sites for hydroxylation is 1. The van der Waals surface area contributed by atoms with Crippen molar-refractivity contribution >= 4 is 17.7 Å². The van der Waals surface area contributed by atoms with Crippen molar-refractivity contribution < 1.29 is 14.4 Å². The lowest BCUT2D eigenvalue weighted by molar-refractivity contribution is -0.129. The number of carbonyl (C=O) groups is 3. The molecule has 0 aromatic heterocycles. The molecule has 0 heterocycles. The fraction of sp³-hybridized carbons (Fsp3) is 0.526. The van der Waals surface area contributed by atoms with Crippen molar-refractivity contribution in [3.05, 3.63) is 35.4 Å². The summed E-state index contributed by atoms with van der Waals surface area (Å²) in [5.41, 5.74) is 1.39. The molecule has 0 fully saturated rings. The molecule has 6 heteroatoms. The molecule has 1 aromatic carbocycles. The number of carbonyl (C=O) groups excluding carboxylic acids is 3. The smallest absolute Gasteiger partial charge is 0.252 e. The summed E-state index contributed by atoms with van der Waals surface area (Å²) in [5, 5.41) is 8.14. The zero-order valence-corrected chi connectivity index (χ0v) is 15.7. The first-order chi connectivity index (χ1) is 11.8. The third kappa shape index (κ3) is 6.57. The maximum absolute atomic E-state index is 12.5. The molecule has 25 heavy (non-hydrogen) atoms. The van der Waals surface area contributed by atoms with Crippen LogP contribution in [-0.4, -0.2) is 36.3 Å². The van der Waals surface area contributed by atoms with E-state index in [0.29, 0.717) is 18.5 Å². The number of likely N-dealkylation sites (N-methyl/N-ethyl adjacent to an activating group) is 1. The van der Waals surface area contributed by atoms with Crippen molar-refractivity contribution in [2.24, 2.45) is 5.92 Å². The molecular weight excluding hydrogens is 318 g/mol. The Labute approximate surface area is 149 Å². The fourth-order valence-corrected chi connectivity index (χ4v) is 2.47. The van der Waals surface area contributed by atoms with Crippen molar-refractivity contribution in [1.29, 1.82) is 0 Å². The van der Waals surface area contributed by atoms with Gasteiger partial charge in [-0.1, -0.05) is 32.0 Å². The third-order valence-electron chi connectivity index (χ3n) is 3.82.